The van der Waals surface area contributed by atoms with Gasteiger partial charge in [-0.1, -0.05) is 66.2 Å². The molecule has 4 nitrogen and oxygen atoms in total. The van der Waals surface area contributed by atoms with Gasteiger partial charge < -0.3 is 4.57 Å². The standard InChI is InChI=1S/C24H20ClN3O/c1-17-11-12-21(22(25)13-17)24(29)27-26-14-19-16-28(15-18-7-3-2-4-8-18)23-10-6-5-9-20(19)23/h2-14,16H,15H2,1H3,(H,27,29)/b26-14-. The lowest BCUT2D eigenvalue weighted by Gasteiger charge is -2.05. The molecule has 0 atom stereocenters. The molecule has 1 heterocycles. The first-order chi connectivity index (χ1) is 14.1. The van der Waals surface area contributed by atoms with Crippen molar-refractivity contribution < 1.29 is 4.79 Å². The van der Waals surface area contributed by atoms with Gasteiger partial charge in [-0.25, -0.2) is 5.43 Å². The Balaban J connectivity index is 1.57. The van der Waals surface area contributed by atoms with Crippen molar-refractivity contribution in [2.75, 3.05) is 0 Å². The molecule has 0 unspecified atom stereocenters. The van der Waals surface area contributed by atoms with Crippen molar-refractivity contribution in [2.24, 2.45) is 5.10 Å². The van der Waals surface area contributed by atoms with E-state index in [1.165, 1.54) is 5.56 Å². The monoisotopic (exact) mass is 401 g/mol. The van der Waals surface area contributed by atoms with Crippen LogP contribution in [0.1, 0.15) is 27.0 Å². The van der Waals surface area contributed by atoms with Gasteiger partial charge in [-0.3, -0.25) is 4.79 Å². The van der Waals surface area contributed by atoms with Gasteiger partial charge in [0.25, 0.3) is 5.91 Å². The molecule has 29 heavy (non-hydrogen) atoms. The van der Waals surface area contributed by atoms with E-state index in [0.717, 1.165) is 28.6 Å². The van der Waals surface area contributed by atoms with Crippen LogP contribution in [0.4, 0.5) is 0 Å². The molecule has 3 aromatic carbocycles. The summed E-state index contributed by atoms with van der Waals surface area (Å²) in [6.07, 6.45) is 3.72. The third-order valence-electron chi connectivity index (χ3n) is 4.75. The molecule has 0 radical (unpaired) electrons. The first-order valence-electron chi connectivity index (χ1n) is 9.33. The number of hydrazone groups is 1. The first kappa shape index (κ1) is 19.0. The number of hydrogen-bond acceptors (Lipinski definition) is 2. The SMILES string of the molecule is Cc1ccc(C(=O)N/N=C\c2cn(Cc3ccccc3)c3ccccc23)c(Cl)c1. The van der Waals surface area contributed by atoms with Crippen LogP contribution in [0.5, 0.6) is 0 Å². The van der Waals surface area contributed by atoms with Gasteiger partial charge in [0, 0.05) is 29.2 Å². The maximum absolute atomic E-state index is 12.4. The number of rotatable bonds is 5. The number of fused-ring (bicyclic) bond motifs is 1. The molecule has 5 heteroatoms. The molecule has 0 aliphatic rings. The fourth-order valence-corrected chi connectivity index (χ4v) is 3.63. The van der Waals surface area contributed by atoms with E-state index in [2.05, 4.69) is 39.4 Å². The van der Waals surface area contributed by atoms with E-state index in [1.807, 2.05) is 49.5 Å². The van der Waals surface area contributed by atoms with Gasteiger partial charge in [0.15, 0.2) is 0 Å². The molecule has 144 valence electrons. The zero-order chi connectivity index (χ0) is 20.2. The van der Waals surface area contributed by atoms with E-state index in [1.54, 1.807) is 18.3 Å². The number of benzene rings is 3. The summed E-state index contributed by atoms with van der Waals surface area (Å²) in [5.41, 5.74) is 7.25. The highest BCUT2D eigenvalue weighted by Gasteiger charge is 2.10. The minimum Gasteiger partial charge on any atom is -0.342 e. The first-order valence-corrected chi connectivity index (χ1v) is 9.71. The fraction of sp³-hybridized carbons (Fsp3) is 0.0833. The average Bonchev–Trinajstić information content (AvgIpc) is 3.06. The van der Waals surface area contributed by atoms with Crippen molar-refractivity contribution in [3.8, 4) is 0 Å². The lowest BCUT2D eigenvalue weighted by atomic mass is 10.1. The molecule has 0 aliphatic heterocycles. The van der Waals surface area contributed by atoms with Crippen molar-refractivity contribution in [1.82, 2.24) is 9.99 Å². The van der Waals surface area contributed by atoms with Crippen LogP contribution in [0.3, 0.4) is 0 Å². The quantitative estimate of drug-likeness (QED) is 0.352. The van der Waals surface area contributed by atoms with Crippen LogP contribution < -0.4 is 5.43 Å². The Morgan fingerprint density at radius 3 is 2.62 bits per heavy atom. The topological polar surface area (TPSA) is 46.4 Å². The number of halogens is 1. The lowest BCUT2D eigenvalue weighted by Crippen LogP contribution is -2.18. The predicted octanol–water partition coefficient (Wildman–Crippen LogP) is 5.42. The number of nitrogens with zero attached hydrogens (tertiary/aromatic N) is 2. The lowest BCUT2D eigenvalue weighted by molar-refractivity contribution is 0.0955. The highest BCUT2D eigenvalue weighted by atomic mass is 35.5. The zero-order valence-electron chi connectivity index (χ0n) is 16.0. The Kier molecular flexibility index (Phi) is 5.45. The van der Waals surface area contributed by atoms with Gasteiger partial charge in [-0.15, -0.1) is 0 Å². The number of carbonyl (C=O) groups excluding carboxylic acids is 1. The third-order valence-corrected chi connectivity index (χ3v) is 5.07. The molecule has 1 N–H and O–H groups in total. The number of para-hydroxylation sites is 1. The van der Waals surface area contributed by atoms with Gasteiger partial charge in [0.2, 0.25) is 0 Å². The highest BCUT2D eigenvalue weighted by Crippen LogP contribution is 2.21. The van der Waals surface area contributed by atoms with Gasteiger partial charge in [0.05, 0.1) is 16.8 Å². The van der Waals surface area contributed by atoms with Gasteiger partial charge in [-0.05, 0) is 36.2 Å². The second-order valence-corrected chi connectivity index (χ2v) is 7.30. The molecular weight excluding hydrogens is 382 g/mol. The Morgan fingerprint density at radius 2 is 1.83 bits per heavy atom. The number of aryl methyl sites for hydroxylation is 1. The largest absolute Gasteiger partial charge is 0.342 e. The molecule has 0 saturated carbocycles. The molecule has 0 bridgehead atoms. The normalized spacial score (nSPS) is 11.2. The molecule has 0 spiro atoms. The van der Waals surface area contributed by atoms with E-state index in [0.29, 0.717) is 10.6 Å². The minimum absolute atomic E-state index is 0.334. The Morgan fingerprint density at radius 1 is 1.07 bits per heavy atom. The van der Waals surface area contributed by atoms with E-state index in [9.17, 15) is 4.79 Å². The summed E-state index contributed by atoms with van der Waals surface area (Å²) >= 11 is 6.16. The summed E-state index contributed by atoms with van der Waals surface area (Å²) in [5.74, 6) is -0.334. The maximum atomic E-state index is 12.4. The maximum Gasteiger partial charge on any atom is 0.272 e. The van der Waals surface area contributed by atoms with Crippen molar-refractivity contribution in [3.05, 3.63) is 106 Å². The summed E-state index contributed by atoms with van der Waals surface area (Å²) in [5, 5.41) is 5.65. The molecule has 1 aromatic heterocycles. The zero-order valence-corrected chi connectivity index (χ0v) is 16.7. The van der Waals surface area contributed by atoms with E-state index < -0.39 is 0 Å². The van der Waals surface area contributed by atoms with Gasteiger partial charge >= 0.3 is 0 Å². The van der Waals surface area contributed by atoms with Gasteiger partial charge in [0.1, 0.15) is 0 Å². The molecule has 4 rings (SSSR count). The number of amides is 1. The summed E-state index contributed by atoms with van der Waals surface area (Å²) in [4.78, 5) is 12.4. The predicted molar refractivity (Wildman–Crippen MR) is 119 cm³/mol. The summed E-state index contributed by atoms with van der Waals surface area (Å²) in [6.45, 7) is 2.69. The van der Waals surface area contributed by atoms with Crippen molar-refractivity contribution in [3.63, 3.8) is 0 Å². The Hall–Kier alpha value is -3.37. The van der Waals surface area contributed by atoms with Gasteiger partial charge in [-0.2, -0.15) is 5.10 Å². The second-order valence-electron chi connectivity index (χ2n) is 6.90. The summed E-state index contributed by atoms with van der Waals surface area (Å²) < 4.78 is 2.19. The van der Waals surface area contributed by atoms with Crippen LogP contribution in [-0.4, -0.2) is 16.7 Å². The molecule has 1 amide bonds. The van der Waals surface area contributed by atoms with E-state index >= 15 is 0 Å². The van der Waals surface area contributed by atoms with Crippen molar-refractivity contribution >= 4 is 34.6 Å². The molecule has 0 aliphatic carbocycles. The van der Waals surface area contributed by atoms with Crippen LogP contribution in [0.2, 0.25) is 5.02 Å². The van der Waals surface area contributed by atoms with Crippen LogP contribution in [0, 0.1) is 6.92 Å². The van der Waals surface area contributed by atoms with Crippen LogP contribution in [0.25, 0.3) is 10.9 Å². The fourth-order valence-electron chi connectivity index (χ4n) is 3.31. The third kappa shape index (κ3) is 4.23. The summed E-state index contributed by atoms with van der Waals surface area (Å²) in [7, 11) is 0. The minimum atomic E-state index is -0.334. The molecule has 0 saturated heterocycles. The molecule has 0 fully saturated rings. The number of carbonyl (C=O) groups is 1. The second kappa shape index (κ2) is 8.33. The van der Waals surface area contributed by atoms with Crippen LogP contribution in [-0.2, 0) is 6.54 Å². The smallest absolute Gasteiger partial charge is 0.272 e. The highest BCUT2D eigenvalue weighted by molar-refractivity contribution is 6.33. The number of nitrogens with one attached hydrogen (secondary N) is 1. The van der Waals surface area contributed by atoms with E-state index in [-0.39, 0.29) is 5.91 Å². The number of hydrogen-bond donors (Lipinski definition) is 1. The molecular formula is C24H20ClN3O. The Bertz CT molecular complexity index is 1200. The van der Waals surface area contributed by atoms with E-state index in [4.69, 9.17) is 11.6 Å². The Labute approximate surface area is 174 Å². The van der Waals surface area contributed by atoms with Crippen LogP contribution in [0.15, 0.2) is 84.1 Å². The number of aromatic nitrogens is 1. The van der Waals surface area contributed by atoms with Crippen LogP contribution >= 0.6 is 11.6 Å². The summed E-state index contributed by atoms with van der Waals surface area (Å²) in [6, 6.07) is 23.8. The average molecular weight is 402 g/mol. The molecule has 4 aromatic rings. The van der Waals surface area contributed by atoms with Crippen molar-refractivity contribution in [2.45, 2.75) is 13.5 Å². The van der Waals surface area contributed by atoms with Crippen molar-refractivity contribution in [1.29, 1.82) is 0 Å².